The first-order valence-corrected chi connectivity index (χ1v) is 7.71. The van der Waals surface area contributed by atoms with E-state index in [1.165, 1.54) is 11.0 Å². The second-order valence-corrected chi connectivity index (χ2v) is 5.36. The van der Waals surface area contributed by atoms with E-state index in [1.807, 2.05) is 24.3 Å². The third-order valence-electron chi connectivity index (χ3n) is 3.52. The van der Waals surface area contributed by atoms with Crippen LogP contribution in [0.2, 0.25) is 0 Å². The fraction of sp³-hybridized carbons (Fsp3) is 0.111. The van der Waals surface area contributed by atoms with Gasteiger partial charge < -0.3 is 5.11 Å². The van der Waals surface area contributed by atoms with Crippen molar-refractivity contribution in [1.82, 2.24) is 20.4 Å². The summed E-state index contributed by atoms with van der Waals surface area (Å²) in [4.78, 5) is 13.2. The zero-order chi connectivity index (χ0) is 17.6. The highest BCUT2D eigenvalue weighted by Crippen LogP contribution is 2.21. The van der Waals surface area contributed by atoms with Gasteiger partial charge in [-0.25, -0.2) is 5.43 Å². The zero-order valence-electron chi connectivity index (χ0n) is 13.5. The normalized spacial score (nSPS) is 11.0. The van der Waals surface area contributed by atoms with Gasteiger partial charge in [0.05, 0.1) is 6.21 Å². The molecule has 2 aromatic carbocycles. The molecule has 0 saturated heterocycles. The molecule has 0 fully saturated rings. The Morgan fingerprint density at radius 3 is 2.60 bits per heavy atom. The zero-order valence-corrected chi connectivity index (χ0v) is 13.5. The molecule has 3 rings (SSSR count). The second kappa shape index (κ2) is 7.39. The Morgan fingerprint density at radius 2 is 1.92 bits per heavy atom. The molecular weight excluding hydrogens is 318 g/mol. The van der Waals surface area contributed by atoms with E-state index in [9.17, 15) is 9.90 Å². The average Bonchev–Trinajstić information content (AvgIpc) is 3.00. The number of fused-ring (bicyclic) bond motifs is 1. The number of benzene rings is 2. The molecular formula is C18H17N5O2. The summed E-state index contributed by atoms with van der Waals surface area (Å²) in [5.41, 5.74) is 5.11. The second-order valence-electron chi connectivity index (χ2n) is 5.36. The Balaban J connectivity index is 1.63. The fourth-order valence-corrected chi connectivity index (χ4v) is 2.35. The molecule has 0 radical (unpaired) electrons. The van der Waals surface area contributed by atoms with Gasteiger partial charge in [-0.2, -0.15) is 20.1 Å². The van der Waals surface area contributed by atoms with E-state index in [4.69, 9.17) is 0 Å². The van der Waals surface area contributed by atoms with Crippen LogP contribution < -0.4 is 5.43 Å². The predicted molar refractivity (Wildman–Crippen MR) is 95.3 cm³/mol. The summed E-state index contributed by atoms with van der Waals surface area (Å²) in [5.74, 6) is -0.237. The number of para-hydroxylation sites is 1. The van der Waals surface area contributed by atoms with Crippen molar-refractivity contribution >= 4 is 23.2 Å². The summed E-state index contributed by atoms with van der Waals surface area (Å²) < 4.78 is 0. The number of aromatic nitrogens is 3. The first-order valence-electron chi connectivity index (χ1n) is 7.71. The highest BCUT2D eigenvalue weighted by atomic mass is 16.3. The Hall–Kier alpha value is -3.48. The average molecular weight is 335 g/mol. The Bertz CT molecular complexity index is 913. The molecule has 1 amide bonds. The number of nitrogens with zero attached hydrogens (tertiary/aromatic N) is 4. The number of allylic oxidation sites excluding steroid dienone is 1. The van der Waals surface area contributed by atoms with Gasteiger partial charge in [-0.05, 0) is 30.2 Å². The number of hydrogen-bond acceptors (Lipinski definition) is 5. The summed E-state index contributed by atoms with van der Waals surface area (Å²) in [7, 11) is 0. The smallest absolute Gasteiger partial charge is 0.263 e. The minimum atomic E-state index is -0.363. The van der Waals surface area contributed by atoms with Gasteiger partial charge in [0, 0.05) is 5.56 Å². The quantitative estimate of drug-likeness (QED) is 0.409. The number of nitrogens with one attached hydrogen (secondary N) is 1. The van der Waals surface area contributed by atoms with E-state index in [1.54, 1.807) is 24.3 Å². The molecule has 0 aliphatic heterocycles. The molecule has 25 heavy (non-hydrogen) atoms. The van der Waals surface area contributed by atoms with E-state index < -0.39 is 0 Å². The van der Waals surface area contributed by atoms with E-state index in [0.717, 1.165) is 16.6 Å². The Labute approximate surface area is 144 Å². The number of aromatic hydroxyl groups is 1. The van der Waals surface area contributed by atoms with Crippen molar-refractivity contribution < 1.29 is 9.90 Å². The van der Waals surface area contributed by atoms with Gasteiger partial charge in [-0.3, -0.25) is 4.79 Å². The highest BCUT2D eigenvalue weighted by molar-refractivity contribution is 5.85. The number of amides is 1. The lowest BCUT2D eigenvalue weighted by Crippen LogP contribution is -2.24. The van der Waals surface area contributed by atoms with Crippen LogP contribution in [-0.2, 0) is 17.8 Å². The standard InChI is InChI=1S/C18H17N5O2/c1-2-6-13-7-5-8-14(18(13)25)11-19-20-17(24)12-23-21-15-9-3-4-10-16(15)22-23/h2-5,7-11,25H,1,6,12H2,(H,20,24). The number of hydrazone groups is 1. The van der Waals surface area contributed by atoms with Crippen LogP contribution in [0.15, 0.2) is 60.2 Å². The number of phenols is 1. The molecule has 7 nitrogen and oxygen atoms in total. The lowest BCUT2D eigenvalue weighted by atomic mass is 10.1. The van der Waals surface area contributed by atoms with Gasteiger partial charge in [0.15, 0.2) is 0 Å². The minimum Gasteiger partial charge on any atom is -0.507 e. The van der Waals surface area contributed by atoms with Gasteiger partial charge >= 0.3 is 0 Å². The molecule has 2 N–H and O–H groups in total. The van der Waals surface area contributed by atoms with Crippen molar-refractivity contribution in [2.24, 2.45) is 5.10 Å². The molecule has 1 aromatic heterocycles. The number of carbonyl (C=O) groups is 1. The van der Waals surface area contributed by atoms with Gasteiger partial charge in [-0.1, -0.05) is 30.3 Å². The van der Waals surface area contributed by atoms with Crippen molar-refractivity contribution in [2.45, 2.75) is 13.0 Å². The van der Waals surface area contributed by atoms with Gasteiger partial charge in [0.25, 0.3) is 5.91 Å². The Morgan fingerprint density at radius 1 is 1.20 bits per heavy atom. The maximum absolute atomic E-state index is 11.9. The summed E-state index contributed by atoms with van der Waals surface area (Å²) in [6.45, 7) is 3.60. The third kappa shape index (κ3) is 3.89. The molecule has 0 atom stereocenters. The maximum atomic E-state index is 11.9. The molecule has 1 heterocycles. The predicted octanol–water partition coefficient (Wildman–Crippen LogP) is 2.02. The molecule has 126 valence electrons. The van der Waals surface area contributed by atoms with Gasteiger partial charge in [-0.15, -0.1) is 6.58 Å². The van der Waals surface area contributed by atoms with Crippen LogP contribution in [0.4, 0.5) is 0 Å². The number of rotatable bonds is 6. The summed E-state index contributed by atoms with van der Waals surface area (Å²) in [6, 6.07) is 12.7. The summed E-state index contributed by atoms with van der Waals surface area (Å²) in [5, 5.41) is 22.4. The van der Waals surface area contributed by atoms with E-state index >= 15 is 0 Å². The van der Waals surface area contributed by atoms with E-state index in [2.05, 4.69) is 27.3 Å². The minimum absolute atomic E-state index is 0.0471. The molecule has 3 aromatic rings. The van der Waals surface area contributed by atoms with Gasteiger partial charge in [0.1, 0.15) is 23.3 Å². The highest BCUT2D eigenvalue weighted by Gasteiger charge is 2.07. The fourth-order valence-electron chi connectivity index (χ4n) is 2.35. The first kappa shape index (κ1) is 16.4. The van der Waals surface area contributed by atoms with Crippen molar-refractivity contribution in [2.75, 3.05) is 0 Å². The van der Waals surface area contributed by atoms with E-state index in [0.29, 0.717) is 12.0 Å². The number of carbonyl (C=O) groups excluding carboxylic acids is 1. The lowest BCUT2D eigenvalue weighted by Gasteiger charge is -2.04. The van der Waals surface area contributed by atoms with Crippen molar-refractivity contribution in [3.8, 4) is 5.75 Å². The lowest BCUT2D eigenvalue weighted by molar-refractivity contribution is -0.122. The summed E-state index contributed by atoms with van der Waals surface area (Å²) >= 11 is 0. The first-order chi connectivity index (χ1) is 12.2. The molecule has 0 saturated carbocycles. The molecule has 0 aliphatic rings. The third-order valence-corrected chi connectivity index (χ3v) is 3.52. The van der Waals surface area contributed by atoms with Crippen LogP contribution in [-0.4, -0.2) is 32.2 Å². The SMILES string of the molecule is C=CCc1cccc(C=NNC(=O)Cn2nc3ccccc3n2)c1O. The summed E-state index contributed by atoms with van der Waals surface area (Å²) in [6.07, 6.45) is 3.66. The van der Waals surface area contributed by atoms with Crippen LogP contribution in [0, 0.1) is 0 Å². The van der Waals surface area contributed by atoms with Crippen LogP contribution in [0.1, 0.15) is 11.1 Å². The van der Waals surface area contributed by atoms with Crippen molar-refractivity contribution in [1.29, 1.82) is 0 Å². The van der Waals surface area contributed by atoms with Crippen molar-refractivity contribution in [3.63, 3.8) is 0 Å². The molecule has 0 aliphatic carbocycles. The number of phenolic OH excluding ortho intramolecular Hbond substituents is 1. The van der Waals surface area contributed by atoms with Crippen LogP contribution in [0.25, 0.3) is 11.0 Å². The Kier molecular flexibility index (Phi) is 4.84. The molecule has 0 spiro atoms. The van der Waals surface area contributed by atoms with E-state index in [-0.39, 0.29) is 18.2 Å². The molecule has 0 unspecified atom stereocenters. The van der Waals surface area contributed by atoms with Gasteiger partial charge in [0.2, 0.25) is 0 Å². The largest absolute Gasteiger partial charge is 0.507 e. The van der Waals surface area contributed by atoms with Crippen molar-refractivity contribution in [3.05, 3.63) is 66.2 Å². The van der Waals surface area contributed by atoms with Crippen LogP contribution in [0.5, 0.6) is 5.75 Å². The maximum Gasteiger partial charge on any atom is 0.263 e. The van der Waals surface area contributed by atoms with Crippen LogP contribution in [0.3, 0.4) is 0 Å². The van der Waals surface area contributed by atoms with Crippen LogP contribution >= 0.6 is 0 Å². The molecule has 0 bridgehead atoms. The number of hydrogen-bond donors (Lipinski definition) is 2. The molecule has 7 heteroatoms. The topological polar surface area (TPSA) is 92.4 Å². The monoisotopic (exact) mass is 335 g/mol.